The molecule has 2 aliphatic rings. The summed E-state index contributed by atoms with van der Waals surface area (Å²) in [6, 6.07) is 19.4. The molecule has 0 aliphatic carbocycles. The molecule has 0 radical (unpaired) electrons. The van der Waals surface area contributed by atoms with Crippen LogP contribution in [0.1, 0.15) is 22.6 Å². The fraction of sp³-hybridized carbons (Fsp3) is 0.0833. The second kappa shape index (κ2) is 7.06. The third kappa shape index (κ3) is 2.84. The molecule has 8 heteroatoms. The van der Waals surface area contributed by atoms with Crippen LogP contribution in [-0.2, 0) is 16.0 Å². The van der Waals surface area contributed by atoms with Gasteiger partial charge in [-0.25, -0.2) is 4.39 Å². The number of amides is 2. The molecule has 1 unspecified atom stereocenters. The predicted octanol–water partition coefficient (Wildman–Crippen LogP) is 4.65. The van der Waals surface area contributed by atoms with Crippen LogP contribution in [0.4, 0.5) is 20.9 Å². The minimum Gasteiger partial charge on any atom is -0.300 e. The molecule has 3 heterocycles. The first-order valence-electron chi connectivity index (χ1n) is 10.0. The summed E-state index contributed by atoms with van der Waals surface area (Å²) < 4.78 is 18.1. The zero-order valence-corrected chi connectivity index (χ0v) is 17.4. The van der Waals surface area contributed by atoms with Gasteiger partial charge >= 0.3 is 0 Å². The smallest absolute Gasteiger partial charge is 0.248 e. The minimum atomic E-state index is -1.01. The second-order valence-electron chi connectivity index (χ2n) is 7.69. The zero-order valence-electron chi connectivity index (χ0n) is 16.6. The van der Waals surface area contributed by atoms with Gasteiger partial charge in [0.15, 0.2) is 5.82 Å². The van der Waals surface area contributed by atoms with E-state index in [1.165, 1.54) is 12.1 Å². The number of nitrogens with one attached hydrogen (secondary N) is 1. The minimum absolute atomic E-state index is 0.329. The number of benzene rings is 3. The van der Waals surface area contributed by atoms with Crippen molar-refractivity contribution in [2.24, 2.45) is 0 Å². The SMILES string of the molecule is O=C(Nc1nc(-c2ccccc2)ns1)C1C(=O)N2c3ccc(F)cc3Cc3cccc1c32. The van der Waals surface area contributed by atoms with Gasteiger partial charge < -0.3 is 0 Å². The number of nitrogens with zero attached hydrogens (tertiary/aromatic N) is 3. The number of carbonyl (C=O) groups is 2. The van der Waals surface area contributed by atoms with E-state index in [4.69, 9.17) is 0 Å². The number of hydrogen-bond donors (Lipinski definition) is 1. The molecular formula is C24H15FN4O2S. The molecule has 0 saturated heterocycles. The zero-order chi connectivity index (χ0) is 21.8. The van der Waals surface area contributed by atoms with Gasteiger partial charge in [-0.2, -0.15) is 9.36 Å². The molecule has 156 valence electrons. The highest BCUT2D eigenvalue weighted by atomic mass is 32.1. The van der Waals surface area contributed by atoms with Crippen LogP contribution in [-0.4, -0.2) is 21.2 Å². The van der Waals surface area contributed by atoms with E-state index in [0.29, 0.717) is 28.6 Å². The van der Waals surface area contributed by atoms with E-state index in [1.54, 1.807) is 17.0 Å². The first-order chi connectivity index (χ1) is 15.6. The van der Waals surface area contributed by atoms with Crippen LogP contribution in [0.15, 0.2) is 66.7 Å². The van der Waals surface area contributed by atoms with E-state index >= 15 is 0 Å². The van der Waals surface area contributed by atoms with Gasteiger partial charge in [0.05, 0.1) is 11.4 Å². The summed E-state index contributed by atoms with van der Waals surface area (Å²) in [5, 5.41) is 3.09. The second-order valence-corrected chi connectivity index (χ2v) is 8.44. The first-order valence-corrected chi connectivity index (χ1v) is 10.8. The summed E-state index contributed by atoms with van der Waals surface area (Å²) in [5.74, 6) is -1.66. The summed E-state index contributed by atoms with van der Waals surface area (Å²) in [4.78, 5) is 32.6. The van der Waals surface area contributed by atoms with Crippen molar-refractivity contribution in [3.05, 3.63) is 89.2 Å². The topological polar surface area (TPSA) is 75.2 Å². The van der Waals surface area contributed by atoms with E-state index in [2.05, 4.69) is 14.7 Å². The van der Waals surface area contributed by atoms with E-state index in [-0.39, 0.29) is 11.7 Å². The number of rotatable bonds is 3. The molecule has 2 amide bonds. The van der Waals surface area contributed by atoms with Crippen LogP contribution in [0.5, 0.6) is 0 Å². The van der Waals surface area contributed by atoms with Crippen LogP contribution in [0.25, 0.3) is 11.4 Å². The molecule has 1 N–H and O–H groups in total. The van der Waals surface area contributed by atoms with Gasteiger partial charge in [0.2, 0.25) is 16.9 Å². The van der Waals surface area contributed by atoms with Crippen molar-refractivity contribution < 1.29 is 14.0 Å². The number of anilines is 3. The van der Waals surface area contributed by atoms with Gasteiger partial charge in [0.1, 0.15) is 11.7 Å². The summed E-state index contributed by atoms with van der Waals surface area (Å²) in [6.07, 6.45) is 0.505. The summed E-state index contributed by atoms with van der Waals surface area (Å²) in [6.45, 7) is 0. The number of aromatic nitrogens is 2. The van der Waals surface area contributed by atoms with Crippen LogP contribution >= 0.6 is 11.5 Å². The van der Waals surface area contributed by atoms with E-state index < -0.39 is 11.8 Å². The average Bonchev–Trinajstić information content (AvgIpc) is 3.38. The summed E-state index contributed by atoms with van der Waals surface area (Å²) >= 11 is 1.07. The number of fused-ring (bicyclic) bond motifs is 2. The van der Waals surface area contributed by atoms with E-state index in [1.807, 2.05) is 42.5 Å². The number of carbonyl (C=O) groups excluding carboxylic acids is 2. The Morgan fingerprint density at radius 2 is 1.91 bits per heavy atom. The highest BCUT2D eigenvalue weighted by Gasteiger charge is 2.46. The Morgan fingerprint density at radius 3 is 2.75 bits per heavy atom. The van der Waals surface area contributed by atoms with Crippen molar-refractivity contribution in [3.8, 4) is 11.4 Å². The molecule has 0 spiro atoms. The first kappa shape index (κ1) is 18.8. The van der Waals surface area contributed by atoms with Crippen LogP contribution < -0.4 is 10.2 Å². The fourth-order valence-corrected chi connectivity index (χ4v) is 4.99. The molecule has 1 aromatic heterocycles. The molecular weight excluding hydrogens is 427 g/mol. The molecule has 4 aromatic rings. The monoisotopic (exact) mass is 442 g/mol. The van der Waals surface area contributed by atoms with Gasteiger partial charge in [-0.3, -0.25) is 19.8 Å². The molecule has 6 rings (SSSR count). The van der Waals surface area contributed by atoms with Gasteiger partial charge in [-0.15, -0.1) is 0 Å². The fourth-order valence-electron chi connectivity index (χ4n) is 4.40. The lowest BCUT2D eigenvalue weighted by atomic mass is 9.93. The maximum atomic E-state index is 13.8. The van der Waals surface area contributed by atoms with Crippen molar-refractivity contribution >= 4 is 39.9 Å². The maximum Gasteiger partial charge on any atom is 0.248 e. The lowest BCUT2D eigenvalue weighted by molar-refractivity contribution is -0.126. The summed E-state index contributed by atoms with van der Waals surface area (Å²) in [5.41, 5.74) is 4.45. The van der Waals surface area contributed by atoms with Gasteiger partial charge in [0, 0.05) is 23.5 Å². The normalized spacial score (nSPS) is 16.0. The molecule has 0 bridgehead atoms. The van der Waals surface area contributed by atoms with Crippen LogP contribution in [0, 0.1) is 5.82 Å². The third-order valence-electron chi connectivity index (χ3n) is 5.77. The highest BCUT2D eigenvalue weighted by molar-refractivity contribution is 7.10. The van der Waals surface area contributed by atoms with Gasteiger partial charge in [0.25, 0.3) is 0 Å². The number of para-hydroxylation sites is 1. The number of halogens is 1. The van der Waals surface area contributed by atoms with Crippen molar-refractivity contribution in [1.82, 2.24) is 9.36 Å². The van der Waals surface area contributed by atoms with Gasteiger partial charge in [-0.05, 0) is 34.9 Å². The number of hydrogen-bond acceptors (Lipinski definition) is 5. The van der Waals surface area contributed by atoms with Crippen molar-refractivity contribution in [2.45, 2.75) is 12.3 Å². The lowest BCUT2D eigenvalue weighted by Gasteiger charge is -2.28. The molecule has 0 fully saturated rings. The molecule has 32 heavy (non-hydrogen) atoms. The summed E-state index contributed by atoms with van der Waals surface area (Å²) in [7, 11) is 0. The Kier molecular flexibility index (Phi) is 4.16. The quantitative estimate of drug-likeness (QED) is 0.469. The largest absolute Gasteiger partial charge is 0.300 e. The third-order valence-corrected chi connectivity index (χ3v) is 6.40. The lowest BCUT2D eigenvalue weighted by Crippen LogP contribution is -2.32. The van der Waals surface area contributed by atoms with Gasteiger partial charge in [-0.1, -0.05) is 48.5 Å². The standard InChI is InChI=1S/C24H15FN4O2S/c25-16-9-10-18-15(12-16)11-14-7-4-8-17-19(23(31)29(18)20(14)17)22(30)27-24-26-21(28-32-24)13-5-2-1-3-6-13/h1-10,12,19H,11H2,(H,26,27,28,30). The molecule has 6 nitrogen and oxygen atoms in total. The van der Waals surface area contributed by atoms with E-state index in [9.17, 15) is 14.0 Å². The molecule has 3 aromatic carbocycles. The molecule has 2 aliphatic heterocycles. The van der Waals surface area contributed by atoms with E-state index in [0.717, 1.165) is 33.9 Å². The Balaban J connectivity index is 1.34. The van der Waals surface area contributed by atoms with Crippen molar-refractivity contribution in [3.63, 3.8) is 0 Å². The van der Waals surface area contributed by atoms with Crippen LogP contribution in [0.3, 0.4) is 0 Å². The maximum absolute atomic E-state index is 13.8. The molecule has 1 atom stereocenters. The average molecular weight is 442 g/mol. The molecule has 0 saturated carbocycles. The highest BCUT2D eigenvalue weighted by Crippen LogP contribution is 2.49. The predicted molar refractivity (Wildman–Crippen MR) is 120 cm³/mol. The Bertz CT molecular complexity index is 1400. The Hall–Kier alpha value is -3.91. The van der Waals surface area contributed by atoms with Crippen LogP contribution in [0.2, 0.25) is 0 Å². The Morgan fingerprint density at radius 1 is 1.06 bits per heavy atom. The Labute approximate surface area is 186 Å². The van der Waals surface area contributed by atoms with Crippen molar-refractivity contribution in [2.75, 3.05) is 10.2 Å². The van der Waals surface area contributed by atoms with Crippen molar-refractivity contribution in [1.29, 1.82) is 0 Å².